The number of carbonyl (C=O) groups is 2. The number of hydrogen-bond acceptors (Lipinski definition) is 10. The maximum atomic E-state index is 12.6. The topological polar surface area (TPSA) is 167 Å². The van der Waals surface area contributed by atoms with E-state index in [1.165, 1.54) is 0 Å². The number of carbonyl (C=O) groups excluding carboxylic acids is 2. The van der Waals surface area contributed by atoms with Gasteiger partial charge < -0.3 is 24.8 Å². The highest BCUT2D eigenvalue weighted by Gasteiger charge is 2.34. The molecule has 296 valence electrons. The molecule has 0 saturated carbocycles. The van der Waals surface area contributed by atoms with Crippen LogP contribution in [0.25, 0.3) is 11.1 Å². The predicted octanol–water partition coefficient (Wildman–Crippen LogP) is 6.58. The molecule has 0 spiro atoms. The van der Waals surface area contributed by atoms with Gasteiger partial charge in [0.25, 0.3) is 5.69 Å². The molecule has 0 aliphatic carbocycles. The summed E-state index contributed by atoms with van der Waals surface area (Å²) in [7, 11) is 0. The van der Waals surface area contributed by atoms with Crippen LogP contribution in [0.3, 0.4) is 0 Å². The van der Waals surface area contributed by atoms with Crippen molar-refractivity contribution in [3.63, 3.8) is 0 Å². The fourth-order valence-corrected chi connectivity index (χ4v) is 7.33. The Morgan fingerprint density at radius 2 is 1.45 bits per heavy atom. The molecule has 2 heterocycles. The van der Waals surface area contributed by atoms with Crippen LogP contribution >= 0.6 is 0 Å². The lowest BCUT2D eigenvalue weighted by Gasteiger charge is -2.41. The van der Waals surface area contributed by atoms with E-state index < -0.39 is 12.2 Å². The number of hydroxylamine groups is 1. The molecule has 3 atom stereocenters. The third-order valence-electron chi connectivity index (χ3n) is 10.5. The van der Waals surface area contributed by atoms with Gasteiger partial charge in [0.1, 0.15) is 0 Å². The number of benzene rings is 4. The van der Waals surface area contributed by atoms with E-state index in [0.717, 1.165) is 91.1 Å². The summed E-state index contributed by atoms with van der Waals surface area (Å²) in [6.07, 6.45) is 3.54. The van der Waals surface area contributed by atoms with E-state index in [1.807, 2.05) is 66.7 Å². The minimum absolute atomic E-state index is 0.0173. The van der Waals surface area contributed by atoms with Crippen LogP contribution < -0.4 is 15.7 Å². The number of amides is 2. The Hall–Kier alpha value is -5.18. The van der Waals surface area contributed by atoms with Crippen molar-refractivity contribution in [1.29, 1.82) is 0 Å². The van der Waals surface area contributed by atoms with Crippen LogP contribution in [0.1, 0.15) is 79.6 Å². The van der Waals surface area contributed by atoms with Gasteiger partial charge in [0.2, 0.25) is 11.8 Å². The molecule has 2 aliphatic rings. The van der Waals surface area contributed by atoms with Crippen LogP contribution in [0.4, 0.5) is 11.4 Å². The molecule has 0 radical (unpaired) electrons. The molecule has 13 nitrogen and oxygen atoms in total. The van der Waals surface area contributed by atoms with Crippen molar-refractivity contribution in [2.45, 2.75) is 76.6 Å². The first-order valence-electron chi connectivity index (χ1n) is 19.4. The zero-order valence-electron chi connectivity index (χ0n) is 31.6. The number of piperazine rings is 1. The molecular weight excluding hydrogens is 714 g/mol. The lowest BCUT2D eigenvalue weighted by Crippen LogP contribution is -2.49. The summed E-state index contributed by atoms with van der Waals surface area (Å²) in [6.45, 7) is 4.39. The first-order valence-corrected chi connectivity index (χ1v) is 19.4. The summed E-state index contributed by atoms with van der Waals surface area (Å²) in [5.74, 6) is -0.408. The molecule has 2 fully saturated rings. The summed E-state index contributed by atoms with van der Waals surface area (Å²) < 4.78 is 13.3. The molecule has 4 N–H and O–H groups in total. The van der Waals surface area contributed by atoms with Crippen molar-refractivity contribution < 1.29 is 34.3 Å². The van der Waals surface area contributed by atoms with Crippen molar-refractivity contribution in [1.82, 2.24) is 15.7 Å². The van der Waals surface area contributed by atoms with Crippen LogP contribution in [0.5, 0.6) is 0 Å². The highest BCUT2D eigenvalue weighted by Crippen LogP contribution is 2.39. The number of aliphatic hydroxyl groups excluding tert-OH is 1. The Balaban J connectivity index is 1.07. The highest BCUT2D eigenvalue weighted by atomic mass is 16.7. The number of nitrogens with zero attached hydrogens (tertiary/aromatic N) is 3. The molecule has 0 unspecified atom stereocenters. The number of rotatable bonds is 17. The van der Waals surface area contributed by atoms with E-state index in [4.69, 9.17) is 14.7 Å². The Labute approximate surface area is 327 Å². The molecule has 0 aromatic heterocycles. The molecule has 2 amide bonds. The summed E-state index contributed by atoms with van der Waals surface area (Å²) in [5, 5.41) is 32.4. The standard InChI is InChI=1S/C43H51N5O8/c49-30-31-11-13-33(14-12-31)40-27-38(29-46-23-25-47(26-24-46)36-19-21-37(22-20-36)48(53)54)55-43(56-40)34-17-15-32(16-18-34)39-8-6-5-7-35(39)28-44-41(50)9-3-1-2-4-10-42(51)45-52/h5-8,11-22,38,40,43,49,52H,1-4,9-10,23-30H2,(H,44,50)(H,45,51)/t38-,40+,43+/m1/s1. The monoisotopic (exact) mass is 765 g/mol. The van der Waals surface area contributed by atoms with Gasteiger partial charge in [-0.15, -0.1) is 0 Å². The number of hydrogen-bond donors (Lipinski definition) is 4. The van der Waals surface area contributed by atoms with Crippen LogP contribution in [0.15, 0.2) is 97.1 Å². The van der Waals surface area contributed by atoms with E-state index in [9.17, 15) is 24.8 Å². The second-order valence-corrected chi connectivity index (χ2v) is 14.4. The van der Waals surface area contributed by atoms with Crippen molar-refractivity contribution in [2.75, 3.05) is 37.6 Å². The lowest BCUT2D eigenvalue weighted by molar-refractivity contribution is -0.384. The summed E-state index contributed by atoms with van der Waals surface area (Å²) >= 11 is 0. The van der Waals surface area contributed by atoms with Crippen LogP contribution in [0, 0.1) is 10.1 Å². The molecule has 4 aromatic rings. The second kappa shape index (κ2) is 20.1. The molecule has 4 aromatic carbocycles. The largest absolute Gasteiger partial charge is 0.392 e. The van der Waals surface area contributed by atoms with Crippen molar-refractivity contribution in [3.05, 3.63) is 129 Å². The quantitative estimate of drug-likeness (QED) is 0.0399. The average Bonchev–Trinajstić information content (AvgIpc) is 3.24. The number of nitro benzene ring substituents is 1. The van der Waals surface area contributed by atoms with Crippen LogP contribution in [0.2, 0.25) is 0 Å². The lowest BCUT2D eigenvalue weighted by atomic mass is 9.97. The van der Waals surface area contributed by atoms with Gasteiger partial charge in [0, 0.05) is 81.9 Å². The van der Waals surface area contributed by atoms with Gasteiger partial charge in [0.05, 0.1) is 23.7 Å². The summed E-state index contributed by atoms with van der Waals surface area (Å²) in [6, 6.07) is 30.8. The van der Waals surface area contributed by atoms with Crippen molar-refractivity contribution in [3.8, 4) is 11.1 Å². The number of aliphatic hydroxyl groups is 1. The Bertz CT molecular complexity index is 1880. The van der Waals surface area contributed by atoms with E-state index in [1.54, 1.807) is 17.6 Å². The third-order valence-corrected chi connectivity index (χ3v) is 10.5. The minimum atomic E-state index is -0.590. The fourth-order valence-electron chi connectivity index (χ4n) is 7.33. The molecule has 2 saturated heterocycles. The molecule has 0 bridgehead atoms. The summed E-state index contributed by atoms with van der Waals surface area (Å²) in [5.41, 5.74) is 8.53. The maximum Gasteiger partial charge on any atom is 0.269 e. The Morgan fingerprint density at radius 3 is 2.11 bits per heavy atom. The van der Waals surface area contributed by atoms with Gasteiger partial charge in [-0.1, -0.05) is 85.6 Å². The number of non-ortho nitro benzene ring substituents is 1. The van der Waals surface area contributed by atoms with E-state index in [2.05, 4.69) is 33.3 Å². The van der Waals surface area contributed by atoms with Gasteiger partial charge in [-0.2, -0.15) is 0 Å². The molecule has 2 aliphatic heterocycles. The first kappa shape index (κ1) is 40.5. The van der Waals surface area contributed by atoms with Gasteiger partial charge in [-0.05, 0) is 52.8 Å². The van der Waals surface area contributed by atoms with Gasteiger partial charge in [-0.25, -0.2) is 5.48 Å². The van der Waals surface area contributed by atoms with Crippen LogP contribution in [-0.2, 0) is 32.2 Å². The number of unbranched alkanes of at least 4 members (excludes halogenated alkanes) is 3. The summed E-state index contributed by atoms with van der Waals surface area (Å²) in [4.78, 5) is 39.1. The van der Waals surface area contributed by atoms with Crippen molar-refractivity contribution >= 4 is 23.2 Å². The number of nitrogens with one attached hydrogen (secondary N) is 2. The van der Waals surface area contributed by atoms with Gasteiger partial charge in [0.15, 0.2) is 6.29 Å². The molecule has 13 heteroatoms. The molecule has 6 rings (SSSR count). The average molecular weight is 766 g/mol. The molecule has 56 heavy (non-hydrogen) atoms. The Kier molecular flexibility index (Phi) is 14.5. The maximum absolute atomic E-state index is 12.6. The van der Waals surface area contributed by atoms with Crippen LogP contribution in [-0.4, -0.2) is 70.8 Å². The fraction of sp³-hybridized carbons (Fsp3) is 0.395. The smallest absolute Gasteiger partial charge is 0.269 e. The van der Waals surface area contributed by atoms with Gasteiger partial charge in [-0.3, -0.25) is 29.8 Å². The first-order chi connectivity index (χ1) is 27.3. The predicted molar refractivity (Wildman–Crippen MR) is 212 cm³/mol. The SMILES string of the molecule is O=C(CCCCCCC(=O)NCc1ccccc1-c1ccc([C@H]2O[C@@H](CN3CCN(c4ccc([N+](=O)[O-])cc4)CC3)C[C@@H](c3ccc(CO)cc3)O2)cc1)NO. The molecular formula is C43H51N5O8. The number of nitro groups is 1. The van der Waals surface area contributed by atoms with E-state index in [0.29, 0.717) is 25.8 Å². The van der Waals surface area contributed by atoms with Gasteiger partial charge >= 0.3 is 0 Å². The Morgan fingerprint density at radius 1 is 0.786 bits per heavy atom. The second-order valence-electron chi connectivity index (χ2n) is 14.4. The third kappa shape index (κ3) is 11.2. The highest BCUT2D eigenvalue weighted by molar-refractivity contribution is 5.76. The minimum Gasteiger partial charge on any atom is -0.392 e. The van der Waals surface area contributed by atoms with Crippen molar-refractivity contribution in [2.24, 2.45) is 0 Å². The zero-order valence-corrected chi connectivity index (χ0v) is 31.6. The van der Waals surface area contributed by atoms with E-state index in [-0.39, 0.29) is 41.8 Å². The number of ether oxygens (including phenoxy) is 2. The van der Waals surface area contributed by atoms with E-state index >= 15 is 0 Å². The normalized spacial score (nSPS) is 18.7. The zero-order chi connectivity index (χ0) is 39.3. The number of anilines is 1.